The van der Waals surface area contributed by atoms with Crippen LogP contribution in [0.3, 0.4) is 0 Å². The van der Waals surface area contributed by atoms with E-state index in [1.165, 1.54) is 31.5 Å². The minimum Gasteiger partial charge on any atom is -0.496 e. The molecule has 0 atom stereocenters. The van der Waals surface area contributed by atoms with E-state index in [2.05, 4.69) is 15.6 Å². The lowest BCUT2D eigenvalue weighted by Gasteiger charge is -2.25. The van der Waals surface area contributed by atoms with Gasteiger partial charge in [-0.25, -0.2) is 4.98 Å². The highest BCUT2D eigenvalue weighted by molar-refractivity contribution is 7.98. The Hall–Kier alpha value is -2.61. The highest BCUT2D eigenvalue weighted by Crippen LogP contribution is 2.44. The van der Waals surface area contributed by atoms with Gasteiger partial charge in [-0.2, -0.15) is 0 Å². The average molecular weight is 455 g/mol. The fourth-order valence-electron chi connectivity index (χ4n) is 4.26. The molecule has 2 fully saturated rings. The van der Waals surface area contributed by atoms with Crippen molar-refractivity contribution in [2.75, 3.05) is 45.6 Å². The lowest BCUT2D eigenvalue weighted by Crippen LogP contribution is -2.29. The molecule has 2 aliphatic carbocycles. The minimum atomic E-state index is 0.643. The lowest BCUT2D eigenvalue weighted by atomic mass is 10.1. The molecule has 0 spiro atoms. The maximum Gasteiger partial charge on any atom is 0.166 e. The normalized spacial score (nSPS) is 15.8. The van der Waals surface area contributed by atoms with Crippen LogP contribution in [0, 0.1) is 11.8 Å². The molecule has 8 heteroatoms. The molecule has 0 bridgehead atoms. The Balaban J connectivity index is 1.68. The fraction of sp³-hybridized carbons (Fsp3) is 0.500. The first kappa shape index (κ1) is 21.2. The molecule has 2 aromatic heterocycles. The van der Waals surface area contributed by atoms with Gasteiger partial charge in [-0.05, 0) is 43.8 Å². The molecule has 3 aromatic rings. The molecule has 2 saturated carbocycles. The van der Waals surface area contributed by atoms with Gasteiger partial charge < -0.3 is 19.1 Å². The molecule has 1 aromatic carbocycles. The summed E-state index contributed by atoms with van der Waals surface area (Å²) in [6.07, 6.45) is 11.3. The van der Waals surface area contributed by atoms with Gasteiger partial charge >= 0.3 is 0 Å². The van der Waals surface area contributed by atoms with Crippen LogP contribution < -0.4 is 19.1 Å². The fourth-order valence-corrected chi connectivity index (χ4v) is 4.84. The van der Waals surface area contributed by atoms with Gasteiger partial charge in [0.1, 0.15) is 33.8 Å². The predicted octanol–water partition coefficient (Wildman–Crippen LogP) is 4.77. The quantitative estimate of drug-likeness (QED) is 0.409. The largest absolute Gasteiger partial charge is 0.496 e. The average Bonchev–Trinajstić information content (AvgIpc) is 3.76. The van der Waals surface area contributed by atoms with Gasteiger partial charge in [0.15, 0.2) is 5.65 Å². The molecule has 0 amide bonds. The molecule has 0 aliphatic heterocycles. The van der Waals surface area contributed by atoms with Crippen LogP contribution in [0.15, 0.2) is 29.6 Å². The Morgan fingerprint density at radius 2 is 1.62 bits per heavy atom. The number of methoxy groups -OCH3 is 3. The van der Waals surface area contributed by atoms with Gasteiger partial charge in [-0.15, -0.1) is 11.8 Å². The Morgan fingerprint density at radius 1 is 1.00 bits per heavy atom. The smallest absolute Gasteiger partial charge is 0.166 e. The van der Waals surface area contributed by atoms with E-state index in [1.54, 1.807) is 33.1 Å². The third-order valence-electron chi connectivity index (χ3n) is 6.28. The van der Waals surface area contributed by atoms with E-state index in [0.717, 1.165) is 46.9 Å². The van der Waals surface area contributed by atoms with Crippen molar-refractivity contribution < 1.29 is 14.2 Å². The van der Waals surface area contributed by atoms with Gasteiger partial charge in [-0.1, -0.05) is 0 Å². The minimum absolute atomic E-state index is 0.643. The van der Waals surface area contributed by atoms with Crippen molar-refractivity contribution >= 4 is 23.2 Å². The number of anilines is 1. The molecular formula is C24H30N4O3S. The van der Waals surface area contributed by atoms with Crippen LogP contribution in [0.4, 0.5) is 5.82 Å². The summed E-state index contributed by atoms with van der Waals surface area (Å²) in [4.78, 5) is 12.4. The molecule has 0 saturated heterocycles. The summed E-state index contributed by atoms with van der Waals surface area (Å²) in [5, 5.41) is 1.03. The van der Waals surface area contributed by atoms with E-state index in [0.29, 0.717) is 17.2 Å². The Kier molecular flexibility index (Phi) is 5.80. The number of ether oxygens (including phenoxy) is 3. The third kappa shape index (κ3) is 3.96. The molecule has 2 heterocycles. The zero-order valence-electron chi connectivity index (χ0n) is 19.1. The van der Waals surface area contributed by atoms with Crippen molar-refractivity contribution in [2.45, 2.75) is 30.7 Å². The first-order valence-corrected chi connectivity index (χ1v) is 12.4. The maximum absolute atomic E-state index is 5.71. The number of hydrogen-bond acceptors (Lipinski definition) is 7. The van der Waals surface area contributed by atoms with Crippen LogP contribution in [-0.4, -0.2) is 55.0 Å². The van der Waals surface area contributed by atoms with Crippen molar-refractivity contribution in [3.63, 3.8) is 0 Å². The summed E-state index contributed by atoms with van der Waals surface area (Å²) >= 11 is 1.69. The standard InChI is InChI=1S/C24H30N4O3S/c1-29-17-11-18(30-2)20(19(12-17)31-3)21-22-26-23(32-4)24(28(22)10-9-25-21)27(13-15-5-6-15)14-16-7-8-16/h9-12,15-16H,5-8,13-14H2,1-4H3. The van der Waals surface area contributed by atoms with Gasteiger partial charge in [0, 0.05) is 37.6 Å². The van der Waals surface area contributed by atoms with Crippen LogP contribution in [0.2, 0.25) is 0 Å². The van der Waals surface area contributed by atoms with Crippen LogP contribution >= 0.6 is 11.8 Å². The van der Waals surface area contributed by atoms with Crippen molar-refractivity contribution in [2.24, 2.45) is 11.8 Å². The second-order valence-electron chi connectivity index (χ2n) is 8.61. The number of imidazole rings is 1. The second-order valence-corrected chi connectivity index (χ2v) is 9.41. The Bertz CT molecular complexity index is 1080. The summed E-state index contributed by atoms with van der Waals surface area (Å²) in [6, 6.07) is 3.71. The number of nitrogens with zero attached hydrogens (tertiary/aromatic N) is 4. The van der Waals surface area contributed by atoms with E-state index in [9.17, 15) is 0 Å². The van der Waals surface area contributed by atoms with E-state index in [-0.39, 0.29) is 0 Å². The molecule has 5 rings (SSSR count). The topological polar surface area (TPSA) is 61.1 Å². The predicted molar refractivity (Wildman–Crippen MR) is 128 cm³/mol. The van der Waals surface area contributed by atoms with Crippen molar-refractivity contribution in [1.82, 2.24) is 14.4 Å². The summed E-state index contributed by atoms with van der Waals surface area (Å²) in [5.74, 6) is 4.74. The summed E-state index contributed by atoms with van der Waals surface area (Å²) in [7, 11) is 4.93. The number of benzene rings is 1. The molecule has 0 unspecified atom stereocenters. The van der Waals surface area contributed by atoms with Gasteiger partial charge in [0.2, 0.25) is 0 Å². The first-order valence-electron chi connectivity index (χ1n) is 11.1. The molecule has 170 valence electrons. The molecule has 0 radical (unpaired) electrons. The van der Waals surface area contributed by atoms with E-state index in [1.807, 2.05) is 24.5 Å². The van der Waals surface area contributed by atoms with Crippen molar-refractivity contribution in [3.8, 4) is 28.5 Å². The molecular weight excluding hydrogens is 424 g/mol. The second kappa shape index (κ2) is 8.73. The van der Waals surface area contributed by atoms with Gasteiger partial charge in [0.25, 0.3) is 0 Å². The maximum atomic E-state index is 5.71. The first-order chi connectivity index (χ1) is 15.7. The molecule has 32 heavy (non-hydrogen) atoms. The number of hydrogen-bond donors (Lipinski definition) is 0. The van der Waals surface area contributed by atoms with E-state index >= 15 is 0 Å². The summed E-state index contributed by atoms with van der Waals surface area (Å²) in [5.41, 5.74) is 2.33. The zero-order valence-corrected chi connectivity index (χ0v) is 19.9. The number of aromatic nitrogens is 3. The van der Waals surface area contributed by atoms with Crippen molar-refractivity contribution in [1.29, 1.82) is 0 Å². The lowest BCUT2D eigenvalue weighted by molar-refractivity contribution is 0.377. The Morgan fingerprint density at radius 3 is 2.12 bits per heavy atom. The van der Waals surface area contributed by atoms with Crippen LogP contribution in [-0.2, 0) is 0 Å². The molecule has 2 aliphatic rings. The monoisotopic (exact) mass is 454 g/mol. The third-order valence-corrected chi connectivity index (χ3v) is 6.94. The van der Waals surface area contributed by atoms with E-state index in [4.69, 9.17) is 24.2 Å². The zero-order chi connectivity index (χ0) is 22.2. The number of thioether (sulfide) groups is 1. The highest BCUT2D eigenvalue weighted by atomic mass is 32.2. The Labute approximate surface area is 193 Å². The SMILES string of the molecule is COc1cc(OC)c(-c2nccn3c(N(CC4CC4)CC4CC4)c(SC)nc23)c(OC)c1. The van der Waals surface area contributed by atoms with Crippen LogP contribution in [0.1, 0.15) is 25.7 Å². The molecule has 0 N–H and O–H groups in total. The summed E-state index contributed by atoms with van der Waals surface area (Å²) < 4.78 is 19.0. The van der Waals surface area contributed by atoms with Crippen LogP contribution in [0.5, 0.6) is 17.2 Å². The van der Waals surface area contributed by atoms with Gasteiger partial charge in [-0.3, -0.25) is 9.38 Å². The summed E-state index contributed by atoms with van der Waals surface area (Å²) in [6.45, 7) is 2.20. The van der Waals surface area contributed by atoms with Crippen LogP contribution in [0.25, 0.3) is 16.9 Å². The molecule has 7 nitrogen and oxygen atoms in total. The van der Waals surface area contributed by atoms with Crippen molar-refractivity contribution in [3.05, 3.63) is 24.5 Å². The van der Waals surface area contributed by atoms with Gasteiger partial charge in [0.05, 0.1) is 26.9 Å². The van der Waals surface area contributed by atoms with E-state index < -0.39 is 0 Å². The highest BCUT2D eigenvalue weighted by Gasteiger charge is 2.32. The number of fused-ring (bicyclic) bond motifs is 1. The number of rotatable bonds is 10.